The summed E-state index contributed by atoms with van der Waals surface area (Å²) in [7, 11) is -3.68. The van der Waals surface area contributed by atoms with Gasteiger partial charge in [0.1, 0.15) is 5.82 Å². The fourth-order valence-corrected chi connectivity index (χ4v) is 4.71. The Bertz CT molecular complexity index is 1080. The number of ether oxygens (including phenoxy) is 1. The molecule has 1 aliphatic heterocycles. The Labute approximate surface area is 170 Å². The van der Waals surface area contributed by atoms with Gasteiger partial charge in [0.2, 0.25) is 10.0 Å². The van der Waals surface area contributed by atoms with Gasteiger partial charge in [0, 0.05) is 25.7 Å². The first-order valence-electron chi connectivity index (χ1n) is 9.59. The number of nitrogens with zero attached hydrogens (tertiary/aromatic N) is 1. The molecule has 1 aliphatic rings. The molecule has 1 saturated heterocycles. The summed E-state index contributed by atoms with van der Waals surface area (Å²) in [5, 5.41) is 1.86. The molecule has 29 heavy (non-hydrogen) atoms. The average Bonchev–Trinajstić information content (AvgIpc) is 2.75. The van der Waals surface area contributed by atoms with Crippen LogP contribution in [0.25, 0.3) is 10.8 Å². The minimum Gasteiger partial charge on any atom is -0.379 e. The van der Waals surface area contributed by atoms with Crippen molar-refractivity contribution in [1.82, 2.24) is 9.62 Å². The quantitative estimate of drug-likeness (QED) is 0.672. The molecule has 3 aromatic rings. The largest absolute Gasteiger partial charge is 0.379 e. The molecule has 0 radical (unpaired) electrons. The number of rotatable bonds is 6. The highest BCUT2D eigenvalue weighted by molar-refractivity contribution is 7.89. The van der Waals surface area contributed by atoms with E-state index in [2.05, 4.69) is 9.62 Å². The molecule has 4 rings (SSSR count). The van der Waals surface area contributed by atoms with Crippen molar-refractivity contribution in [3.05, 3.63) is 78.1 Å². The van der Waals surface area contributed by atoms with Gasteiger partial charge in [-0.2, -0.15) is 0 Å². The predicted octanol–water partition coefficient (Wildman–Crippen LogP) is 3.33. The molecule has 0 amide bonds. The van der Waals surface area contributed by atoms with Gasteiger partial charge in [-0.05, 0) is 40.6 Å². The van der Waals surface area contributed by atoms with E-state index in [0.29, 0.717) is 26.3 Å². The van der Waals surface area contributed by atoms with Crippen LogP contribution in [0.4, 0.5) is 4.39 Å². The van der Waals surface area contributed by atoms with Crippen molar-refractivity contribution in [3.8, 4) is 0 Å². The van der Waals surface area contributed by atoms with E-state index in [0.717, 1.165) is 16.3 Å². The molecular weight excluding hydrogens is 391 g/mol. The maximum absolute atomic E-state index is 13.4. The number of hydrogen-bond acceptors (Lipinski definition) is 4. The Morgan fingerprint density at radius 3 is 2.38 bits per heavy atom. The summed E-state index contributed by atoms with van der Waals surface area (Å²) in [6.07, 6.45) is 0. The van der Waals surface area contributed by atoms with Gasteiger partial charge in [-0.15, -0.1) is 0 Å². The fourth-order valence-electron chi connectivity index (χ4n) is 3.64. The third-order valence-electron chi connectivity index (χ3n) is 5.24. The average molecular weight is 415 g/mol. The van der Waals surface area contributed by atoms with Gasteiger partial charge in [-0.1, -0.05) is 42.5 Å². The minimum absolute atomic E-state index is 0.195. The van der Waals surface area contributed by atoms with E-state index >= 15 is 0 Å². The van der Waals surface area contributed by atoms with Crippen LogP contribution in [0.15, 0.2) is 71.6 Å². The lowest BCUT2D eigenvalue weighted by Gasteiger charge is -2.34. The smallest absolute Gasteiger partial charge is 0.240 e. The van der Waals surface area contributed by atoms with Gasteiger partial charge in [-0.3, -0.25) is 4.90 Å². The van der Waals surface area contributed by atoms with Crippen LogP contribution < -0.4 is 4.72 Å². The molecule has 1 N–H and O–H groups in total. The Morgan fingerprint density at radius 2 is 1.66 bits per heavy atom. The Morgan fingerprint density at radius 1 is 0.966 bits per heavy atom. The first kappa shape index (κ1) is 20.0. The number of fused-ring (bicyclic) bond motifs is 1. The zero-order valence-corrected chi connectivity index (χ0v) is 16.7. The molecule has 7 heteroatoms. The van der Waals surface area contributed by atoms with Gasteiger partial charge in [0.15, 0.2) is 0 Å². The van der Waals surface area contributed by atoms with Crippen molar-refractivity contribution >= 4 is 20.8 Å². The van der Waals surface area contributed by atoms with Crippen LogP contribution in [0.1, 0.15) is 11.6 Å². The lowest BCUT2D eigenvalue weighted by Crippen LogP contribution is -2.43. The molecule has 1 fully saturated rings. The van der Waals surface area contributed by atoms with Crippen molar-refractivity contribution in [2.24, 2.45) is 0 Å². The van der Waals surface area contributed by atoms with Gasteiger partial charge >= 0.3 is 0 Å². The number of benzene rings is 3. The molecule has 3 aromatic carbocycles. The summed E-state index contributed by atoms with van der Waals surface area (Å²) in [5.41, 5.74) is 0.870. The van der Waals surface area contributed by atoms with E-state index in [4.69, 9.17) is 4.74 Å². The van der Waals surface area contributed by atoms with Crippen molar-refractivity contribution in [3.63, 3.8) is 0 Å². The second-order valence-electron chi connectivity index (χ2n) is 7.08. The topological polar surface area (TPSA) is 58.6 Å². The second-order valence-corrected chi connectivity index (χ2v) is 8.84. The monoisotopic (exact) mass is 414 g/mol. The summed E-state index contributed by atoms with van der Waals surface area (Å²) in [4.78, 5) is 2.40. The summed E-state index contributed by atoms with van der Waals surface area (Å²) in [6.45, 7) is 2.77. The van der Waals surface area contributed by atoms with Crippen LogP contribution in [0.3, 0.4) is 0 Å². The summed E-state index contributed by atoms with van der Waals surface area (Å²) in [5.74, 6) is -0.314. The number of sulfonamides is 1. The van der Waals surface area contributed by atoms with Crippen LogP contribution in [-0.4, -0.2) is 46.2 Å². The van der Waals surface area contributed by atoms with Crippen LogP contribution in [-0.2, 0) is 14.8 Å². The first-order valence-corrected chi connectivity index (χ1v) is 11.1. The highest BCUT2D eigenvalue weighted by Gasteiger charge is 2.25. The van der Waals surface area contributed by atoms with Crippen LogP contribution in [0, 0.1) is 5.82 Å². The Balaban J connectivity index is 1.57. The number of hydrogen-bond donors (Lipinski definition) is 1. The van der Waals surface area contributed by atoms with E-state index in [1.165, 1.54) is 12.1 Å². The molecule has 1 heterocycles. The Hall–Kier alpha value is -2.32. The highest BCUT2D eigenvalue weighted by atomic mass is 32.2. The minimum atomic E-state index is -3.68. The van der Waals surface area contributed by atoms with E-state index in [-0.39, 0.29) is 23.3 Å². The molecular formula is C22H23FN2O3S. The van der Waals surface area contributed by atoms with Gasteiger partial charge in [0.25, 0.3) is 0 Å². The van der Waals surface area contributed by atoms with Gasteiger partial charge in [-0.25, -0.2) is 17.5 Å². The molecule has 1 atom stereocenters. The molecule has 0 spiro atoms. The van der Waals surface area contributed by atoms with Crippen molar-refractivity contribution in [2.75, 3.05) is 32.8 Å². The van der Waals surface area contributed by atoms with Gasteiger partial charge in [0.05, 0.1) is 18.1 Å². The van der Waals surface area contributed by atoms with Crippen molar-refractivity contribution in [2.45, 2.75) is 10.9 Å². The van der Waals surface area contributed by atoms with E-state index < -0.39 is 10.0 Å². The van der Waals surface area contributed by atoms with Crippen LogP contribution in [0.5, 0.6) is 0 Å². The lowest BCUT2D eigenvalue weighted by atomic mass is 10.0. The SMILES string of the molecule is O=S(=O)(NC[C@@H](c1ccc(F)cc1)N1CCOCC1)c1ccc2ccccc2c1. The standard InChI is InChI=1S/C22H23FN2O3S/c23-20-8-5-18(6-9-20)22(25-11-13-28-14-12-25)16-24-29(26,27)21-10-7-17-3-1-2-4-19(17)15-21/h1-10,15,22,24H,11-14,16H2/t22-/m0/s1. The normalized spacial score (nSPS) is 16.7. The maximum Gasteiger partial charge on any atom is 0.240 e. The third-order valence-corrected chi connectivity index (χ3v) is 6.66. The highest BCUT2D eigenvalue weighted by Crippen LogP contribution is 2.23. The molecule has 5 nitrogen and oxygen atoms in total. The van der Waals surface area contributed by atoms with Crippen molar-refractivity contribution < 1.29 is 17.5 Å². The second kappa shape index (κ2) is 8.59. The van der Waals surface area contributed by atoms with E-state index in [1.807, 2.05) is 30.3 Å². The number of nitrogens with one attached hydrogen (secondary N) is 1. The number of halogens is 1. The molecule has 152 valence electrons. The zero-order chi connectivity index (χ0) is 20.3. The lowest BCUT2D eigenvalue weighted by molar-refractivity contribution is 0.0172. The van der Waals surface area contributed by atoms with E-state index in [1.54, 1.807) is 24.3 Å². The first-order chi connectivity index (χ1) is 14.0. The third kappa shape index (κ3) is 4.64. The molecule has 0 aliphatic carbocycles. The fraction of sp³-hybridized carbons (Fsp3) is 0.273. The predicted molar refractivity (Wildman–Crippen MR) is 111 cm³/mol. The number of morpholine rings is 1. The van der Waals surface area contributed by atoms with Gasteiger partial charge < -0.3 is 4.74 Å². The van der Waals surface area contributed by atoms with Crippen molar-refractivity contribution in [1.29, 1.82) is 0 Å². The van der Waals surface area contributed by atoms with E-state index in [9.17, 15) is 12.8 Å². The Kier molecular flexibility index (Phi) is 5.91. The van der Waals surface area contributed by atoms with Crippen LogP contribution in [0.2, 0.25) is 0 Å². The van der Waals surface area contributed by atoms with Crippen LogP contribution >= 0.6 is 0 Å². The zero-order valence-electron chi connectivity index (χ0n) is 15.9. The molecule has 0 unspecified atom stereocenters. The molecule has 0 aromatic heterocycles. The molecule has 0 saturated carbocycles. The summed E-state index contributed by atoms with van der Waals surface area (Å²) < 4.78 is 47.4. The molecule has 0 bridgehead atoms. The summed E-state index contributed by atoms with van der Waals surface area (Å²) >= 11 is 0. The maximum atomic E-state index is 13.4. The summed E-state index contributed by atoms with van der Waals surface area (Å²) in [6, 6.07) is 18.8.